The second-order valence-electron chi connectivity index (χ2n) is 7.00. The van der Waals surface area contributed by atoms with Gasteiger partial charge in [-0.15, -0.1) is 0 Å². The molecule has 2 aromatic heterocycles. The molecular weight excluding hydrogens is 372 g/mol. The van der Waals surface area contributed by atoms with Gasteiger partial charge in [-0.05, 0) is 35.0 Å². The Balaban J connectivity index is 1.96. The summed E-state index contributed by atoms with van der Waals surface area (Å²) in [4.78, 5) is 18.7. The van der Waals surface area contributed by atoms with Crippen LogP contribution in [0.5, 0.6) is 0 Å². The first-order chi connectivity index (χ1) is 14.8. The van der Waals surface area contributed by atoms with Crippen LogP contribution in [0.3, 0.4) is 0 Å². The number of fused-ring (bicyclic) bond motifs is 8. The Kier molecular flexibility index (Phi) is 3.21. The van der Waals surface area contributed by atoms with Crippen molar-refractivity contribution >= 4 is 54.6 Å². The molecule has 0 aliphatic carbocycles. The normalized spacial score (nSPS) is 11.3. The van der Waals surface area contributed by atoms with Gasteiger partial charge in [-0.2, -0.15) is 10.5 Å². The highest BCUT2D eigenvalue weighted by Crippen LogP contribution is 2.35. The van der Waals surface area contributed by atoms with E-state index in [0.29, 0.717) is 22.1 Å². The van der Waals surface area contributed by atoms with Gasteiger partial charge in [0.15, 0.2) is 11.4 Å². The number of hydrogen-bond donors (Lipinski definition) is 0. The molecule has 6 heteroatoms. The predicted molar refractivity (Wildman–Crippen MR) is 115 cm³/mol. The molecule has 2 heterocycles. The maximum atomic E-state index is 9.48. The number of benzene rings is 4. The van der Waals surface area contributed by atoms with E-state index in [4.69, 9.17) is 9.97 Å². The highest BCUT2D eigenvalue weighted by molar-refractivity contribution is 6.23. The van der Waals surface area contributed by atoms with Crippen molar-refractivity contribution in [2.45, 2.75) is 0 Å². The smallest absolute Gasteiger partial charge is 0.177 e. The van der Waals surface area contributed by atoms with Crippen LogP contribution in [0.25, 0.3) is 54.6 Å². The summed E-state index contributed by atoms with van der Waals surface area (Å²) in [5.41, 5.74) is 3.79. The lowest BCUT2D eigenvalue weighted by molar-refractivity contribution is 1.20. The van der Waals surface area contributed by atoms with Gasteiger partial charge in [0, 0.05) is 10.8 Å². The fourth-order valence-corrected chi connectivity index (χ4v) is 3.93. The summed E-state index contributed by atoms with van der Waals surface area (Å²) in [5.74, 6) is 0. The largest absolute Gasteiger partial charge is 0.244 e. The predicted octanol–water partition coefficient (Wildman–Crippen LogP) is 4.78. The van der Waals surface area contributed by atoms with E-state index in [0.717, 1.165) is 32.6 Å². The first-order valence-corrected chi connectivity index (χ1v) is 9.30. The van der Waals surface area contributed by atoms with Crippen molar-refractivity contribution in [3.05, 3.63) is 72.1 Å². The highest BCUT2D eigenvalue weighted by Gasteiger charge is 2.18. The van der Waals surface area contributed by atoms with Crippen LogP contribution < -0.4 is 0 Å². The van der Waals surface area contributed by atoms with Crippen LogP contribution >= 0.6 is 0 Å². The minimum absolute atomic E-state index is 0.00700. The Morgan fingerprint density at radius 2 is 0.967 bits per heavy atom. The molecule has 4 aromatic carbocycles. The van der Waals surface area contributed by atoms with Crippen LogP contribution in [-0.2, 0) is 0 Å². The third-order valence-corrected chi connectivity index (χ3v) is 5.30. The summed E-state index contributed by atoms with van der Waals surface area (Å²) in [6.07, 6.45) is 0. The average Bonchev–Trinajstić information content (AvgIpc) is 2.81. The number of para-hydroxylation sites is 2. The van der Waals surface area contributed by atoms with Gasteiger partial charge < -0.3 is 0 Å². The van der Waals surface area contributed by atoms with Crippen LogP contribution in [-0.4, -0.2) is 19.9 Å². The third kappa shape index (κ3) is 2.16. The Morgan fingerprint density at radius 1 is 0.533 bits per heavy atom. The van der Waals surface area contributed by atoms with E-state index in [1.54, 1.807) is 0 Å². The van der Waals surface area contributed by atoms with E-state index in [2.05, 4.69) is 16.0 Å². The molecule has 0 aliphatic rings. The van der Waals surface area contributed by atoms with Gasteiger partial charge in [0.05, 0.1) is 16.6 Å². The fraction of sp³-hybridized carbons (Fsp3) is 0. The van der Waals surface area contributed by atoms with Gasteiger partial charge >= 0.3 is 0 Å². The topological polar surface area (TPSA) is 99.1 Å². The Morgan fingerprint density at radius 3 is 1.53 bits per heavy atom. The molecule has 0 saturated heterocycles. The molecule has 0 saturated carbocycles. The van der Waals surface area contributed by atoms with Crippen molar-refractivity contribution in [1.29, 1.82) is 10.5 Å². The van der Waals surface area contributed by atoms with Gasteiger partial charge in [-0.1, -0.05) is 36.4 Å². The molecule has 0 amide bonds. The zero-order chi connectivity index (χ0) is 20.2. The molecule has 0 unspecified atom stereocenters. The number of nitriles is 2. The fourth-order valence-electron chi connectivity index (χ4n) is 3.93. The van der Waals surface area contributed by atoms with Crippen LogP contribution in [0, 0.1) is 22.7 Å². The summed E-state index contributed by atoms with van der Waals surface area (Å²) in [6, 6.07) is 23.7. The van der Waals surface area contributed by atoms with Crippen molar-refractivity contribution in [2.75, 3.05) is 0 Å². The molecule has 6 nitrogen and oxygen atoms in total. The summed E-state index contributed by atoms with van der Waals surface area (Å²) in [6.45, 7) is 0. The molecule has 0 fully saturated rings. The van der Waals surface area contributed by atoms with E-state index in [9.17, 15) is 10.5 Å². The van der Waals surface area contributed by atoms with Crippen LogP contribution in [0.15, 0.2) is 60.7 Å². The molecule has 0 radical (unpaired) electrons. The van der Waals surface area contributed by atoms with Gasteiger partial charge in [-0.3, -0.25) is 0 Å². The van der Waals surface area contributed by atoms with Crippen molar-refractivity contribution in [3.63, 3.8) is 0 Å². The van der Waals surface area contributed by atoms with Crippen LogP contribution in [0.2, 0.25) is 0 Å². The number of nitrogens with zero attached hydrogens (tertiary/aromatic N) is 6. The van der Waals surface area contributed by atoms with Crippen molar-refractivity contribution in [3.8, 4) is 12.1 Å². The molecule has 0 aliphatic heterocycles. The first kappa shape index (κ1) is 16.3. The zero-order valence-corrected chi connectivity index (χ0v) is 15.5. The minimum Gasteiger partial charge on any atom is -0.244 e. The molecule has 0 spiro atoms. The Bertz CT molecular complexity index is 1640. The van der Waals surface area contributed by atoms with E-state index in [1.165, 1.54) is 0 Å². The minimum atomic E-state index is -0.0126. The molecule has 0 bridgehead atoms. The second-order valence-corrected chi connectivity index (χ2v) is 7.00. The highest BCUT2D eigenvalue weighted by atomic mass is 14.9. The summed E-state index contributed by atoms with van der Waals surface area (Å²) < 4.78 is 0. The van der Waals surface area contributed by atoms with Crippen molar-refractivity contribution < 1.29 is 0 Å². The monoisotopic (exact) mass is 382 g/mol. The molecule has 0 atom stereocenters. The van der Waals surface area contributed by atoms with Crippen molar-refractivity contribution in [1.82, 2.24) is 19.9 Å². The van der Waals surface area contributed by atoms with Gasteiger partial charge in [-0.25, -0.2) is 19.9 Å². The summed E-state index contributed by atoms with van der Waals surface area (Å²) in [7, 11) is 0. The van der Waals surface area contributed by atoms with Crippen LogP contribution in [0.4, 0.5) is 0 Å². The standard InChI is InChI=1S/C24H10N6/c25-11-19-20(12-26)30-24-22(29-19)16-10-14-6-2-1-5-13(14)9-15(16)21-23(24)28-18-8-4-3-7-17(18)27-21/h1-10H. The zero-order valence-electron chi connectivity index (χ0n) is 15.5. The van der Waals surface area contributed by atoms with Gasteiger partial charge in [0.25, 0.3) is 0 Å². The lowest BCUT2D eigenvalue weighted by atomic mass is 10.00. The SMILES string of the molecule is N#Cc1nc2c3cc4ccccc4cc3c3nc4ccccc4nc3c2nc1C#N. The molecule has 136 valence electrons. The first-order valence-electron chi connectivity index (χ1n) is 9.30. The van der Waals surface area contributed by atoms with Crippen LogP contribution in [0.1, 0.15) is 11.4 Å². The van der Waals surface area contributed by atoms with Gasteiger partial charge in [0.2, 0.25) is 0 Å². The lowest BCUT2D eigenvalue weighted by Crippen LogP contribution is -1.99. The summed E-state index contributed by atoms with van der Waals surface area (Å²) in [5, 5.41) is 22.8. The molecule has 6 rings (SSSR count). The van der Waals surface area contributed by atoms with E-state index in [1.807, 2.05) is 66.7 Å². The quantitative estimate of drug-likeness (QED) is 0.277. The molecular formula is C24H10N6. The summed E-state index contributed by atoms with van der Waals surface area (Å²) >= 11 is 0. The lowest BCUT2D eigenvalue weighted by Gasteiger charge is -2.11. The van der Waals surface area contributed by atoms with E-state index < -0.39 is 0 Å². The number of hydrogen-bond acceptors (Lipinski definition) is 6. The average molecular weight is 382 g/mol. The maximum absolute atomic E-state index is 9.48. The third-order valence-electron chi connectivity index (χ3n) is 5.30. The van der Waals surface area contributed by atoms with E-state index in [-0.39, 0.29) is 11.4 Å². The Labute approximate surface area is 169 Å². The maximum Gasteiger partial charge on any atom is 0.177 e. The molecule has 0 N–H and O–H groups in total. The second kappa shape index (κ2) is 5.91. The van der Waals surface area contributed by atoms with E-state index >= 15 is 0 Å². The number of aromatic nitrogens is 4. The Hall–Kier alpha value is -4.68. The van der Waals surface area contributed by atoms with Gasteiger partial charge in [0.1, 0.15) is 28.7 Å². The molecule has 30 heavy (non-hydrogen) atoms. The molecule has 6 aromatic rings. The van der Waals surface area contributed by atoms with Crippen molar-refractivity contribution in [2.24, 2.45) is 0 Å². The number of rotatable bonds is 0.